The number of hydrogen-bond donors (Lipinski definition) is 1. The van der Waals surface area contributed by atoms with Gasteiger partial charge in [-0.1, -0.05) is 15.9 Å². The summed E-state index contributed by atoms with van der Waals surface area (Å²) in [6.07, 6.45) is 2.83. The normalized spacial score (nSPS) is 13.3. The molecular formula is C11H14BrN3. The van der Waals surface area contributed by atoms with Gasteiger partial charge in [-0.3, -0.25) is 0 Å². The predicted molar refractivity (Wildman–Crippen MR) is 65.0 cm³/mol. The Labute approximate surface area is 97.4 Å². The van der Waals surface area contributed by atoms with E-state index < -0.39 is 0 Å². The van der Waals surface area contributed by atoms with E-state index in [4.69, 9.17) is 5.73 Å². The van der Waals surface area contributed by atoms with Crippen molar-refractivity contribution in [3.05, 3.63) is 34.3 Å². The smallest absolute Gasteiger partial charge is 0.110 e. The Morgan fingerprint density at radius 1 is 1.60 bits per heavy atom. The van der Waals surface area contributed by atoms with Crippen LogP contribution in [0.2, 0.25) is 0 Å². The Hall–Kier alpha value is -0.870. The fraction of sp³-hybridized carbons (Fsp3) is 0.364. The van der Waals surface area contributed by atoms with Gasteiger partial charge in [0.05, 0.1) is 11.2 Å². The summed E-state index contributed by atoms with van der Waals surface area (Å²) in [4.78, 5) is 4.53. The van der Waals surface area contributed by atoms with Gasteiger partial charge in [-0.15, -0.1) is 0 Å². The first-order valence-corrected chi connectivity index (χ1v) is 5.76. The van der Waals surface area contributed by atoms with Gasteiger partial charge in [0.15, 0.2) is 0 Å². The van der Waals surface area contributed by atoms with Crippen molar-refractivity contribution >= 4 is 21.4 Å². The summed E-state index contributed by atoms with van der Waals surface area (Å²) in [6.45, 7) is 4.00. The number of aromatic nitrogens is 2. The highest BCUT2D eigenvalue weighted by Gasteiger charge is 2.09. The van der Waals surface area contributed by atoms with E-state index in [1.165, 1.54) is 0 Å². The third-order valence-corrected chi connectivity index (χ3v) is 2.87. The second-order valence-electron chi connectivity index (χ2n) is 3.89. The molecule has 1 atom stereocenters. The van der Waals surface area contributed by atoms with E-state index in [0.29, 0.717) is 0 Å². The van der Waals surface area contributed by atoms with Gasteiger partial charge in [-0.2, -0.15) is 0 Å². The summed E-state index contributed by atoms with van der Waals surface area (Å²) in [5.41, 5.74) is 8.01. The molecule has 15 heavy (non-hydrogen) atoms. The minimum Gasteiger partial charge on any atom is -0.328 e. The Kier molecular flexibility index (Phi) is 2.80. The molecule has 0 fully saturated rings. The van der Waals surface area contributed by atoms with E-state index in [1.807, 2.05) is 26.1 Å². The molecule has 2 aromatic heterocycles. The van der Waals surface area contributed by atoms with Crippen LogP contribution in [0.15, 0.2) is 22.8 Å². The van der Waals surface area contributed by atoms with Gasteiger partial charge in [0.25, 0.3) is 0 Å². The van der Waals surface area contributed by atoms with Gasteiger partial charge in [0, 0.05) is 23.1 Å². The van der Waals surface area contributed by atoms with Crippen molar-refractivity contribution in [2.45, 2.75) is 26.3 Å². The van der Waals surface area contributed by atoms with Gasteiger partial charge in [0.1, 0.15) is 5.82 Å². The molecule has 0 saturated heterocycles. The molecule has 2 heterocycles. The second-order valence-corrected chi connectivity index (χ2v) is 4.80. The quantitative estimate of drug-likeness (QED) is 0.908. The predicted octanol–water partition coefficient (Wildman–Crippen LogP) is 2.29. The standard InChI is InChI=1S/C11H14BrN3/c1-7(13)5-10-11-6-9(12)3-4-15(11)8(2)14-10/h3-4,6-7H,5,13H2,1-2H3. The highest BCUT2D eigenvalue weighted by molar-refractivity contribution is 9.10. The fourth-order valence-electron chi connectivity index (χ4n) is 1.74. The number of fused-ring (bicyclic) bond motifs is 1. The van der Waals surface area contributed by atoms with E-state index in [9.17, 15) is 0 Å². The maximum atomic E-state index is 5.80. The average Bonchev–Trinajstić information content (AvgIpc) is 2.42. The van der Waals surface area contributed by atoms with Crippen LogP contribution in [-0.4, -0.2) is 15.4 Å². The number of nitrogens with two attached hydrogens (primary N) is 1. The summed E-state index contributed by atoms with van der Waals surface area (Å²) in [5.74, 6) is 1.01. The molecule has 0 aliphatic heterocycles. The highest BCUT2D eigenvalue weighted by atomic mass is 79.9. The van der Waals surface area contributed by atoms with E-state index >= 15 is 0 Å². The molecule has 3 nitrogen and oxygen atoms in total. The maximum absolute atomic E-state index is 5.80. The van der Waals surface area contributed by atoms with Crippen molar-refractivity contribution < 1.29 is 0 Å². The number of hydrogen-bond acceptors (Lipinski definition) is 2. The van der Waals surface area contributed by atoms with Crippen LogP contribution in [0.3, 0.4) is 0 Å². The molecule has 4 heteroatoms. The van der Waals surface area contributed by atoms with Crippen molar-refractivity contribution in [2.75, 3.05) is 0 Å². The van der Waals surface area contributed by atoms with Crippen LogP contribution in [-0.2, 0) is 6.42 Å². The molecule has 80 valence electrons. The first-order chi connectivity index (χ1) is 7.08. The van der Waals surface area contributed by atoms with Crippen molar-refractivity contribution in [3.8, 4) is 0 Å². The minimum atomic E-state index is 0.141. The molecule has 1 unspecified atom stereocenters. The summed E-state index contributed by atoms with van der Waals surface area (Å²) in [5, 5.41) is 0. The van der Waals surface area contributed by atoms with Crippen LogP contribution in [0.4, 0.5) is 0 Å². The summed E-state index contributed by atoms with van der Waals surface area (Å²) in [6, 6.07) is 4.23. The van der Waals surface area contributed by atoms with Crippen LogP contribution in [0.5, 0.6) is 0 Å². The molecule has 0 aliphatic carbocycles. The van der Waals surface area contributed by atoms with Gasteiger partial charge in [-0.25, -0.2) is 4.98 Å². The largest absolute Gasteiger partial charge is 0.328 e. The van der Waals surface area contributed by atoms with Crippen LogP contribution in [0.25, 0.3) is 5.52 Å². The van der Waals surface area contributed by atoms with Crippen LogP contribution in [0.1, 0.15) is 18.4 Å². The number of aryl methyl sites for hydroxylation is 1. The number of rotatable bonds is 2. The Morgan fingerprint density at radius 3 is 3.00 bits per heavy atom. The monoisotopic (exact) mass is 267 g/mol. The zero-order valence-corrected chi connectivity index (χ0v) is 10.5. The number of imidazole rings is 1. The van der Waals surface area contributed by atoms with E-state index in [-0.39, 0.29) is 6.04 Å². The number of halogens is 1. The first kappa shape index (κ1) is 10.6. The summed E-state index contributed by atoms with van der Waals surface area (Å²) >= 11 is 3.47. The van der Waals surface area contributed by atoms with E-state index in [0.717, 1.165) is 27.9 Å². The molecule has 0 spiro atoms. The molecule has 2 rings (SSSR count). The molecule has 2 aromatic rings. The average molecular weight is 268 g/mol. The highest BCUT2D eigenvalue weighted by Crippen LogP contribution is 2.19. The molecule has 0 amide bonds. The molecule has 2 N–H and O–H groups in total. The van der Waals surface area contributed by atoms with Crippen LogP contribution in [0, 0.1) is 6.92 Å². The number of pyridine rings is 1. The minimum absolute atomic E-state index is 0.141. The maximum Gasteiger partial charge on any atom is 0.110 e. The summed E-state index contributed by atoms with van der Waals surface area (Å²) in [7, 11) is 0. The Bertz CT molecular complexity index is 488. The summed E-state index contributed by atoms with van der Waals surface area (Å²) < 4.78 is 3.16. The Morgan fingerprint density at radius 2 is 2.33 bits per heavy atom. The lowest BCUT2D eigenvalue weighted by Crippen LogP contribution is -2.18. The van der Waals surface area contributed by atoms with Gasteiger partial charge >= 0.3 is 0 Å². The second kappa shape index (κ2) is 3.94. The third-order valence-electron chi connectivity index (χ3n) is 2.37. The van der Waals surface area contributed by atoms with Gasteiger partial charge < -0.3 is 10.1 Å². The van der Waals surface area contributed by atoms with Crippen molar-refractivity contribution in [1.82, 2.24) is 9.38 Å². The SMILES string of the molecule is Cc1nc(CC(C)N)c2cc(Br)ccn12. The lowest BCUT2D eigenvalue weighted by atomic mass is 10.2. The Balaban J connectivity index is 2.59. The molecule has 0 saturated carbocycles. The third kappa shape index (κ3) is 2.06. The van der Waals surface area contributed by atoms with Crippen molar-refractivity contribution in [3.63, 3.8) is 0 Å². The first-order valence-electron chi connectivity index (χ1n) is 4.96. The molecule has 0 bridgehead atoms. The fourth-order valence-corrected chi connectivity index (χ4v) is 2.08. The van der Waals surface area contributed by atoms with Crippen molar-refractivity contribution in [1.29, 1.82) is 0 Å². The van der Waals surface area contributed by atoms with Gasteiger partial charge in [-0.05, 0) is 26.0 Å². The molecule has 0 aliphatic rings. The lowest BCUT2D eigenvalue weighted by molar-refractivity contribution is 0.728. The van der Waals surface area contributed by atoms with Crippen LogP contribution < -0.4 is 5.73 Å². The lowest BCUT2D eigenvalue weighted by Gasteiger charge is -2.02. The molecule has 0 aromatic carbocycles. The zero-order chi connectivity index (χ0) is 11.0. The molecule has 0 radical (unpaired) electrons. The van der Waals surface area contributed by atoms with Gasteiger partial charge in [0.2, 0.25) is 0 Å². The number of nitrogens with zero attached hydrogens (tertiary/aromatic N) is 2. The molecular weight excluding hydrogens is 254 g/mol. The van der Waals surface area contributed by atoms with Crippen LogP contribution >= 0.6 is 15.9 Å². The van der Waals surface area contributed by atoms with E-state index in [2.05, 4.69) is 31.4 Å². The zero-order valence-electron chi connectivity index (χ0n) is 8.87. The van der Waals surface area contributed by atoms with Crippen molar-refractivity contribution in [2.24, 2.45) is 5.73 Å². The van der Waals surface area contributed by atoms with E-state index in [1.54, 1.807) is 0 Å². The topological polar surface area (TPSA) is 43.3 Å².